The van der Waals surface area contributed by atoms with Gasteiger partial charge in [-0.3, -0.25) is 0 Å². The van der Waals surface area contributed by atoms with Gasteiger partial charge in [-0.15, -0.1) is 0 Å². The van der Waals surface area contributed by atoms with E-state index in [1.54, 1.807) is 13.8 Å². The lowest BCUT2D eigenvalue weighted by atomic mass is 10.1. The van der Waals surface area contributed by atoms with Gasteiger partial charge < -0.3 is 29.5 Å². The molecule has 0 saturated carbocycles. The van der Waals surface area contributed by atoms with Crippen molar-refractivity contribution >= 4 is 0 Å². The van der Waals surface area contributed by atoms with Gasteiger partial charge in [0.1, 0.15) is 24.4 Å². The molecule has 2 fully saturated rings. The molecule has 88 valence electrons. The molecule has 0 bridgehead atoms. The topological polar surface area (TPSA) is 88.4 Å². The molecule has 2 aliphatic rings. The third-order valence-electron chi connectivity index (χ3n) is 2.63. The van der Waals surface area contributed by atoms with Gasteiger partial charge >= 0.3 is 0 Å². The van der Waals surface area contributed by atoms with Crippen molar-refractivity contribution < 1.29 is 29.5 Å². The van der Waals surface area contributed by atoms with Crippen LogP contribution in [0, 0.1) is 0 Å². The Balaban J connectivity index is 2.12. The second-order valence-corrected chi connectivity index (χ2v) is 4.31. The van der Waals surface area contributed by atoms with Crippen LogP contribution in [0.2, 0.25) is 0 Å². The Bertz CT molecular complexity index is 243. The van der Waals surface area contributed by atoms with E-state index in [1.165, 1.54) is 0 Å². The SMILES string of the molecule is CC1(C)O[C@H]2[C@@H](C(O)CO)OC(O)[C@H]2O1. The maximum atomic E-state index is 9.53. The van der Waals surface area contributed by atoms with Crippen molar-refractivity contribution in [1.82, 2.24) is 0 Å². The van der Waals surface area contributed by atoms with E-state index in [1.807, 2.05) is 0 Å². The summed E-state index contributed by atoms with van der Waals surface area (Å²) in [7, 11) is 0. The van der Waals surface area contributed by atoms with E-state index in [4.69, 9.17) is 19.3 Å². The minimum Gasteiger partial charge on any atom is -0.394 e. The second kappa shape index (κ2) is 3.65. The lowest BCUT2D eigenvalue weighted by molar-refractivity contribution is -0.231. The van der Waals surface area contributed by atoms with Crippen molar-refractivity contribution in [3.63, 3.8) is 0 Å². The average molecular weight is 220 g/mol. The van der Waals surface area contributed by atoms with E-state index >= 15 is 0 Å². The summed E-state index contributed by atoms with van der Waals surface area (Å²) in [6.45, 7) is 3.01. The zero-order chi connectivity index (χ0) is 11.2. The molecule has 0 amide bonds. The quantitative estimate of drug-likeness (QED) is 0.529. The zero-order valence-corrected chi connectivity index (χ0v) is 8.66. The Morgan fingerprint density at radius 1 is 1.27 bits per heavy atom. The summed E-state index contributed by atoms with van der Waals surface area (Å²) in [4.78, 5) is 0. The van der Waals surface area contributed by atoms with Gasteiger partial charge in [0.2, 0.25) is 0 Å². The first-order valence-electron chi connectivity index (χ1n) is 4.93. The Hall–Kier alpha value is -0.240. The first-order valence-corrected chi connectivity index (χ1v) is 4.93. The molecule has 0 aromatic carbocycles. The minimum absolute atomic E-state index is 0.440. The predicted molar refractivity (Wildman–Crippen MR) is 47.8 cm³/mol. The largest absolute Gasteiger partial charge is 0.394 e. The van der Waals surface area contributed by atoms with Crippen molar-refractivity contribution in [1.29, 1.82) is 0 Å². The van der Waals surface area contributed by atoms with E-state index in [9.17, 15) is 10.2 Å². The highest BCUT2D eigenvalue weighted by molar-refractivity contribution is 4.97. The molecule has 2 rings (SSSR count). The van der Waals surface area contributed by atoms with Gasteiger partial charge in [-0.2, -0.15) is 0 Å². The Kier molecular flexibility index (Phi) is 2.74. The van der Waals surface area contributed by atoms with Crippen LogP contribution in [0.1, 0.15) is 13.8 Å². The van der Waals surface area contributed by atoms with Crippen LogP contribution in [0.5, 0.6) is 0 Å². The van der Waals surface area contributed by atoms with Crippen molar-refractivity contribution in [3.8, 4) is 0 Å². The maximum Gasteiger partial charge on any atom is 0.184 e. The normalized spacial score (nSPS) is 45.4. The molecule has 2 unspecified atom stereocenters. The fraction of sp³-hybridized carbons (Fsp3) is 1.00. The summed E-state index contributed by atoms with van der Waals surface area (Å²) in [5, 5.41) is 27.8. The third kappa shape index (κ3) is 1.89. The molecule has 0 aromatic rings. The van der Waals surface area contributed by atoms with E-state index in [0.29, 0.717) is 0 Å². The molecule has 15 heavy (non-hydrogen) atoms. The number of aliphatic hydroxyl groups excluding tert-OH is 3. The fourth-order valence-electron chi connectivity index (χ4n) is 2.02. The lowest BCUT2D eigenvalue weighted by Crippen LogP contribution is -2.40. The smallest absolute Gasteiger partial charge is 0.184 e. The number of hydrogen-bond donors (Lipinski definition) is 3. The van der Waals surface area contributed by atoms with Gasteiger partial charge in [0.25, 0.3) is 0 Å². The molecular weight excluding hydrogens is 204 g/mol. The number of rotatable bonds is 2. The number of ether oxygens (including phenoxy) is 3. The minimum atomic E-state index is -1.12. The van der Waals surface area contributed by atoms with Gasteiger partial charge in [0.15, 0.2) is 12.1 Å². The molecule has 2 aliphatic heterocycles. The highest BCUT2D eigenvalue weighted by atomic mass is 16.8. The van der Waals surface area contributed by atoms with Crippen molar-refractivity contribution in [2.45, 2.75) is 50.3 Å². The predicted octanol–water partition coefficient (Wildman–Crippen LogP) is -1.42. The third-order valence-corrected chi connectivity index (χ3v) is 2.63. The summed E-state index contributed by atoms with van der Waals surface area (Å²) in [6.07, 6.45) is -4.10. The van der Waals surface area contributed by atoms with Gasteiger partial charge in [-0.05, 0) is 13.8 Å². The maximum absolute atomic E-state index is 9.53. The van der Waals surface area contributed by atoms with Gasteiger partial charge in [0, 0.05) is 0 Å². The zero-order valence-electron chi connectivity index (χ0n) is 8.66. The lowest BCUT2D eigenvalue weighted by Gasteiger charge is -2.24. The Morgan fingerprint density at radius 3 is 2.47 bits per heavy atom. The molecule has 6 nitrogen and oxygen atoms in total. The van der Waals surface area contributed by atoms with Gasteiger partial charge in [0.05, 0.1) is 6.61 Å². The first-order chi connectivity index (χ1) is 6.94. The van der Waals surface area contributed by atoms with E-state index in [2.05, 4.69) is 0 Å². The summed E-state index contributed by atoms with van der Waals surface area (Å²) < 4.78 is 16.0. The molecule has 6 heteroatoms. The molecule has 0 aliphatic carbocycles. The van der Waals surface area contributed by atoms with Crippen LogP contribution in [0.25, 0.3) is 0 Å². The van der Waals surface area contributed by atoms with Crippen LogP contribution in [0.4, 0.5) is 0 Å². The van der Waals surface area contributed by atoms with Crippen molar-refractivity contribution in [2.75, 3.05) is 6.61 Å². The van der Waals surface area contributed by atoms with Crippen LogP contribution >= 0.6 is 0 Å². The first kappa shape index (κ1) is 11.3. The van der Waals surface area contributed by atoms with Crippen LogP contribution in [0.15, 0.2) is 0 Å². The Labute approximate surface area is 87.4 Å². The number of fused-ring (bicyclic) bond motifs is 1. The fourth-order valence-corrected chi connectivity index (χ4v) is 2.02. The summed E-state index contributed by atoms with van der Waals surface area (Å²) >= 11 is 0. The number of aliphatic hydroxyl groups is 3. The standard InChI is InChI=1S/C9H16O6/c1-9(2)14-6-5(4(11)3-10)13-8(12)7(6)15-9/h4-8,10-12H,3H2,1-2H3/t4?,5-,6+,7+,8?/m1/s1. The van der Waals surface area contributed by atoms with E-state index < -0.39 is 43.1 Å². The summed E-state index contributed by atoms with van der Waals surface area (Å²) in [5.41, 5.74) is 0. The molecule has 2 saturated heterocycles. The molecule has 3 N–H and O–H groups in total. The van der Waals surface area contributed by atoms with E-state index in [-0.39, 0.29) is 0 Å². The van der Waals surface area contributed by atoms with Gasteiger partial charge in [-0.1, -0.05) is 0 Å². The summed E-state index contributed by atoms with van der Waals surface area (Å²) in [5.74, 6) is -0.798. The molecule has 0 radical (unpaired) electrons. The molecule has 0 aromatic heterocycles. The Morgan fingerprint density at radius 2 is 1.87 bits per heavy atom. The van der Waals surface area contributed by atoms with Crippen LogP contribution in [-0.4, -0.2) is 58.4 Å². The van der Waals surface area contributed by atoms with E-state index in [0.717, 1.165) is 0 Å². The molecular formula is C9H16O6. The van der Waals surface area contributed by atoms with Crippen molar-refractivity contribution in [2.24, 2.45) is 0 Å². The molecule has 2 heterocycles. The molecule has 0 spiro atoms. The highest BCUT2D eigenvalue weighted by Crippen LogP contribution is 2.38. The average Bonchev–Trinajstić information content (AvgIpc) is 2.61. The van der Waals surface area contributed by atoms with Gasteiger partial charge in [-0.25, -0.2) is 0 Å². The second-order valence-electron chi connectivity index (χ2n) is 4.31. The number of hydrogen-bond acceptors (Lipinski definition) is 6. The summed E-state index contributed by atoms with van der Waals surface area (Å²) in [6, 6.07) is 0. The monoisotopic (exact) mass is 220 g/mol. The van der Waals surface area contributed by atoms with Crippen LogP contribution < -0.4 is 0 Å². The molecule has 5 atom stereocenters. The van der Waals surface area contributed by atoms with Crippen LogP contribution in [0.3, 0.4) is 0 Å². The van der Waals surface area contributed by atoms with Crippen LogP contribution in [-0.2, 0) is 14.2 Å². The highest BCUT2D eigenvalue weighted by Gasteiger charge is 2.56. The van der Waals surface area contributed by atoms with Crippen molar-refractivity contribution in [3.05, 3.63) is 0 Å².